The molecule has 2 saturated heterocycles. The molecule has 0 aromatic heterocycles. The highest BCUT2D eigenvalue weighted by Gasteiger charge is 2.40. The fourth-order valence-corrected chi connectivity index (χ4v) is 3.59. The van der Waals surface area contributed by atoms with E-state index in [0.717, 1.165) is 24.7 Å². The van der Waals surface area contributed by atoms with Gasteiger partial charge >= 0.3 is 0 Å². The summed E-state index contributed by atoms with van der Waals surface area (Å²) in [4.78, 5) is 2.74. The van der Waals surface area contributed by atoms with Crippen LogP contribution >= 0.6 is 0 Å². The lowest BCUT2D eigenvalue weighted by Crippen LogP contribution is -2.48. The van der Waals surface area contributed by atoms with Crippen molar-refractivity contribution in [2.24, 2.45) is 5.41 Å². The molecular weight excluding hydrogens is 186 g/mol. The zero-order valence-electron chi connectivity index (χ0n) is 9.71. The zero-order chi connectivity index (χ0) is 10.1. The fraction of sp³-hybridized carbons (Fsp3) is 1.00. The summed E-state index contributed by atoms with van der Waals surface area (Å²) in [5.74, 6) is 0. The van der Waals surface area contributed by atoms with Crippen LogP contribution in [0, 0.1) is 5.41 Å². The first-order valence-corrected chi connectivity index (χ1v) is 6.70. The van der Waals surface area contributed by atoms with Crippen LogP contribution in [0.4, 0.5) is 0 Å². The SMILES string of the molecule is C1CC2(C1)CCN(C1CCOCC1)CC2. The van der Waals surface area contributed by atoms with Crippen LogP contribution in [0.3, 0.4) is 0 Å². The minimum atomic E-state index is 0.807. The van der Waals surface area contributed by atoms with Crippen molar-refractivity contribution in [2.45, 2.75) is 51.0 Å². The van der Waals surface area contributed by atoms with Gasteiger partial charge in [-0.25, -0.2) is 0 Å². The van der Waals surface area contributed by atoms with Crippen LogP contribution < -0.4 is 0 Å². The van der Waals surface area contributed by atoms with E-state index in [9.17, 15) is 0 Å². The van der Waals surface area contributed by atoms with Crippen molar-refractivity contribution in [2.75, 3.05) is 26.3 Å². The molecule has 0 radical (unpaired) electrons. The maximum atomic E-state index is 5.44. The summed E-state index contributed by atoms with van der Waals surface area (Å²) in [5, 5.41) is 0. The van der Waals surface area contributed by atoms with E-state index in [0.29, 0.717) is 0 Å². The average molecular weight is 209 g/mol. The largest absolute Gasteiger partial charge is 0.381 e. The van der Waals surface area contributed by atoms with Crippen LogP contribution in [0.5, 0.6) is 0 Å². The third-order valence-corrected chi connectivity index (χ3v) is 4.98. The second kappa shape index (κ2) is 4.06. The topological polar surface area (TPSA) is 12.5 Å². The monoisotopic (exact) mass is 209 g/mol. The maximum Gasteiger partial charge on any atom is 0.0480 e. The summed E-state index contributed by atoms with van der Waals surface area (Å²) < 4.78 is 5.44. The lowest BCUT2D eigenvalue weighted by atomic mass is 9.63. The Morgan fingerprint density at radius 3 is 2.13 bits per heavy atom. The van der Waals surface area contributed by atoms with Crippen LogP contribution in [-0.2, 0) is 4.74 Å². The molecule has 0 aromatic rings. The van der Waals surface area contributed by atoms with Gasteiger partial charge in [-0.15, -0.1) is 0 Å². The van der Waals surface area contributed by atoms with Crippen molar-refractivity contribution in [1.29, 1.82) is 0 Å². The molecular formula is C13H23NO. The Morgan fingerprint density at radius 1 is 0.933 bits per heavy atom. The number of likely N-dealkylation sites (tertiary alicyclic amines) is 1. The molecule has 1 spiro atoms. The Morgan fingerprint density at radius 2 is 1.60 bits per heavy atom. The molecule has 15 heavy (non-hydrogen) atoms. The summed E-state index contributed by atoms with van der Waals surface area (Å²) in [5.41, 5.74) is 0.807. The molecule has 86 valence electrons. The molecule has 3 rings (SSSR count). The zero-order valence-corrected chi connectivity index (χ0v) is 9.71. The smallest absolute Gasteiger partial charge is 0.0480 e. The van der Waals surface area contributed by atoms with Gasteiger partial charge in [0.1, 0.15) is 0 Å². The van der Waals surface area contributed by atoms with Crippen LogP contribution in [-0.4, -0.2) is 37.2 Å². The van der Waals surface area contributed by atoms with Crippen molar-refractivity contribution >= 4 is 0 Å². The van der Waals surface area contributed by atoms with Gasteiger partial charge in [0.05, 0.1) is 0 Å². The molecule has 1 saturated carbocycles. The predicted octanol–water partition coefficient (Wildman–Crippen LogP) is 2.43. The second-order valence-corrected chi connectivity index (χ2v) is 5.73. The van der Waals surface area contributed by atoms with Gasteiger partial charge in [-0.1, -0.05) is 6.42 Å². The van der Waals surface area contributed by atoms with Gasteiger partial charge in [0.25, 0.3) is 0 Å². The molecule has 0 bridgehead atoms. The summed E-state index contributed by atoms with van der Waals surface area (Å²) in [6.45, 7) is 4.72. The van der Waals surface area contributed by atoms with E-state index in [-0.39, 0.29) is 0 Å². The van der Waals surface area contributed by atoms with Crippen molar-refractivity contribution in [3.8, 4) is 0 Å². The first kappa shape index (κ1) is 10.1. The Balaban J connectivity index is 1.52. The number of hydrogen-bond acceptors (Lipinski definition) is 2. The summed E-state index contributed by atoms with van der Waals surface area (Å²) in [6, 6.07) is 0.844. The number of rotatable bonds is 1. The summed E-state index contributed by atoms with van der Waals surface area (Å²) >= 11 is 0. The Labute approximate surface area is 93.0 Å². The van der Waals surface area contributed by atoms with Crippen molar-refractivity contribution in [3.63, 3.8) is 0 Å². The molecule has 0 amide bonds. The first-order chi connectivity index (χ1) is 7.38. The maximum absolute atomic E-state index is 5.44. The van der Waals surface area contributed by atoms with Crippen molar-refractivity contribution in [1.82, 2.24) is 4.90 Å². The van der Waals surface area contributed by atoms with Gasteiger partial charge in [-0.05, 0) is 57.0 Å². The van der Waals surface area contributed by atoms with E-state index < -0.39 is 0 Å². The molecule has 0 atom stereocenters. The summed E-state index contributed by atoms with van der Waals surface area (Å²) in [6.07, 6.45) is 10.0. The highest BCUT2D eigenvalue weighted by Crippen LogP contribution is 2.49. The number of piperidine rings is 1. The standard InChI is InChI=1S/C13H23NO/c1-4-13(5-1)6-8-14(9-7-13)12-2-10-15-11-3-12/h12H,1-11H2. The summed E-state index contributed by atoms with van der Waals surface area (Å²) in [7, 11) is 0. The quantitative estimate of drug-likeness (QED) is 0.657. The Kier molecular flexibility index (Phi) is 2.73. The average Bonchev–Trinajstić information content (AvgIpc) is 2.28. The van der Waals surface area contributed by atoms with Gasteiger partial charge in [-0.2, -0.15) is 0 Å². The molecule has 3 aliphatic rings. The lowest BCUT2D eigenvalue weighted by molar-refractivity contribution is -0.0176. The molecule has 0 aromatic carbocycles. The van der Waals surface area contributed by atoms with Crippen LogP contribution in [0.1, 0.15) is 44.9 Å². The van der Waals surface area contributed by atoms with E-state index in [1.54, 1.807) is 0 Å². The number of ether oxygens (including phenoxy) is 1. The molecule has 2 heteroatoms. The van der Waals surface area contributed by atoms with Crippen LogP contribution in [0.2, 0.25) is 0 Å². The molecule has 0 N–H and O–H groups in total. The van der Waals surface area contributed by atoms with Crippen LogP contribution in [0.15, 0.2) is 0 Å². The highest BCUT2D eigenvalue weighted by atomic mass is 16.5. The van der Waals surface area contributed by atoms with Gasteiger partial charge < -0.3 is 9.64 Å². The lowest BCUT2D eigenvalue weighted by Gasteiger charge is -2.50. The van der Waals surface area contributed by atoms with E-state index in [4.69, 9.17) is 4.74 Å². The van der Waals surface area contributed by atoms with E-state index in [2.05, 4.69) is 4.90 Å². The third kappa shape index (κ3) is 1.94. The molecule has 2 aliphatic heterocycles. The number of hydrogen-bond donors (Lipinski definition) is 0. The first-order valence-electron chi connectivity index (χ1n) is 6.70. The number of nitrogens with zero attached hydrogens (tertiary/aromatic N) is 1. The van der Waals surface area contributed by atoms with Gasteiger partial charge in [0.2, 0.25) is 0 Å². The van der Waals surface area contributed by atoms with Crippen molar-refractivity contribution in [3.05, 3.63) is 0 Å². The van der Waals surface area contributed by atoms with Gasteiger partial charge in [0.15, 0.2) is 0 Å². The van der Waals surface area contributed by atoms with Crippen molar-refractivity contribution < 1.29 is 4.74 Å². The molecule has 3 fully saturated rings. The minimum absolute atomic E-state index is 0.807. The minimum Gasteiger partial charge on any atom is -0.381 e. The molecule has 2 heterocycles. The fourth-order valence-electron chi connectivity index (χ4n) is 3.59. The highest BCUT2D eigenvalue weighted by molar-refractivity contribution is 4.93. The Hall–Kier alpha value is -0.0800. The molecule has 1 aliphatic carbocycles. The van der Waals surface area contributed by atoms with Gasteiger partial charge in [0, 0.05) is 19.3 Å². The van der Waals surface area contributed by atoms with E-state index >= 15 is 0 Å². The predicted molar refractivity (Wildman–Crippen MR) is 60.9 cm³/mol. The normalized spacial score (nSPS) is 32.8. The van der Waals surface area contributed by atoms with Crippen LogP contribution in [0.25, 0.3) is 0 Å². The third-order valence-electron chi connectivity index (χ3n) is 4.98. The van der Waals surface area contributed by atoms with E-state index in [1.807, 2.05) is 0 Å². The van der Waals surface area contributed by atoms with E-state index in [1.165, 1.54) is 58.0 Å². The molecule has 0 unspecified atom stereocenters. The van der Waals surface area contributed by atoms with Gasteiger partial charge in [-0.3, -0.25) is 0 Å². The molecule has 2 nitrogen and oxygen atoms in total. The Bertz CT molecular complexity index is 209. The second-order valence-electron chi connectivity index (χ2n) is 5.73.